The first-order chi connectivity index (χ1) is 13.2. The second-order valence-electron chi connectivity index (χ2n) is 6.59. The van der Waals surface area contributed by atoms with Gasteiger partial charge in [-0.15, -0.1) is 0 Å². The van der Waals surface area contributed by atoms with Crippen molar-refractivity contribution >= 4 is 22.5 Å². The zero-order chi connectivity index (χ0) is 18.6. The number of fused-ring (bicyclic) bond motifs is 1. The van der Waals surface area contributed by atoms with E-state index in [1.807, 2.05) is 30.3 Å². The van der Waals surface area contributed by atoms with Crippen LogP contribution in [0.1, 0.15) is 16.7 Å². The standard InChI is InChI=1S/C23H20ClFN2/c24-21-10-6-11-22(25)20(21)16-27-15-18(19-9-4-5-12-23(19)27)14-26-13-17-7-2-1-3-8-17/h1-12,15,26H,13-14,16H2. The van der Waals surface area contributed by atoms with Gasteiger partial charge in [0.15, 0.2) is 0 Å². The maximum atomic E-state index is 14.2. The molecule has 4 rings (SSSR count). The molecule has 0 spiro atoms. The van der Waals surface area contributed by atoms with Gasteiger partial charge < -0.3 is 9.88 Å². The van der Waals surface area contributed by atoms with Crippen LogP contribution in [0.3, 0.4) is 0 Å². The van der Waals surface area contributed by atoms with Crippen molar-refractivity contribution < 1.29 is 4.39 Å². The van der Waals surface area contributed by atoms with Crippen molar-refractivity contribution in [3.05, 3.63) is 107 Å². The Bertz CT molecular complexity index is 1040. The van der Waals surface area contributed by atoms with Gasteiger partial charge in [-0.05, 0) is 29.3 Å². The second-order valence-corrected chi connectivity index (χ2v) is 7.00. The van der Waals surface area contributed by atoms with Crippen molar-refractivity contribution in [2.75, 3.05) is 0 Å². The topological polar surface area (TPSA) is 17.0 Å². The van der Waals surface area contributed by atoms with Crippen molar-refractivity contribution in [2.24, 2.45) is 0 Å². The molecule has 0 unspecified atom stereocenters. The van der Waals surface area contributed by atoms with Crippen LogP contribution < -0.4 is 5.32 Å². The molecular weight excluding hydrogens is 359 g/mol. The predicted molar refractivity (Wildman–Crippen MR) is 109 cm³/mol. The van der Waals surface area contributed by atoms with Crippen molar-refractivity contribution in [1.29, 1.82) is 0 Å². The summed E-state index contributed by atoms with van der Waals surface area (Å²) >= 11 is 6.22. The highest BCUT2D eigenvalue weighted by Gasteiger charge is 2.12. The fourth-order valence-electron chi connectivity index (χ4n) is 3.39. The Labute approximate surface area is 163 Å². The van der Waals surface area contributed by atoms with Crippen LogP contribution in [0.2, 0.25) is 5.02 Å². The molecule has 1 aromatic heterocycles. The molecule has 136 valence electrons. The lowest BCUT2D eigenvalue weighted by molar-refractivity contribution is 0.601. The number of nitrogens with one attached hydrogen (secondary N) is 1. The zero-order valence-corrected chi connectivity index (χ0v) is 15.6. The summed E-state index contributed by atoms with van der Waals surface area (Å²) in [5.41, 5.74) is 4.03. The number of rotatable bonds is 6. The quantitative estimate of drug-likeness (QED) is 0.450. The van der Waals surface area contributed by atoms with E-state index in [0.29, 0.717) is 17.1 Å². The third-order valence-electron chi connectivity index (χ3n) is 4.75. The molecule has 0 amide bonds. The molecule has 0 aliphatic carbocycles. The molecule has 0 atom stereocenters. The summed E-state index contributed by atoms with van der Waals surface area (Å²) in [4.78, 5) is 0. The average molecular weight is 379 g/mol. The highest BCUT2D eigenvalue weighted by molar-refractivity contribution is 6.31. The van der Waals surface area contributed by atoms with Crippen LogP contribution in [-0.4, -0.2) is 4.57 Å². The molecule has 0 aliphatic heterocycles. The van der Waals surface area contributed by atoms with E-state index in [-0.39, 0.29) is 5.82 Å². The molecule has 0 bridgehead atoms. The SMILES string of the molecule is Fc1cccc(Cl)c1Cn1cc(CNCc2ccccc2)c2ccccc21. The molecule has 1 heterocycles. The lowest BCUT2D eigenvalue weighted by Crippen LogP contribution is -2.12. The van der Waals surface area contributed by atoms with Crippen LogP contribution in [0.5, 0.6) is 0 Å². The fourth-order valence-corrected chi connectivity index (χ4v) is 3.61. The number of hydrogen-bond donors (Lipinski definition) is 1. The normalized spacial score (nSPS) is 11.2. The first kappa shape index (κ1) is 17.8. The average Bonchev–Trinajstić information content (AvgIpc) is 3.04. The van der Waals surface area contributed by atoms with Gasteiger partial charge in [0.1, 0.15) is 5.82 Å². The number of para-hydroxylation sites is 1. The van der Waals surface area contributed by atoms with Gasteiger partial charge in [0.05, 0.1) is 6.54 Å². The third kappa shape index (κ3) is 3.90. The fraction of sp³-hybridized carbons (Fsp3) is 0.130. The van der Waals surface area contributed by atoms with Gasteiger partial charge in [0, 0.05) is 40.8 Å². The van der Waals surface area contributed by atoms with Crippen LogP contribution in [-0.2, 0) is 19.6 Å². The maximum Gasteiger partial charge on any atom is 0.129 e. The van der Waals surface area contributed by atoms with Gasteiger partial charge in [-0.25, -0.2) is 4.39 Å². The summed E-state index contributed by atoms with van der Waals surface area (Å²) in [5.74, 6) is -0.274. The van der Waals surface area contributed by atoms with Crippen molar-refractivity contribution in [3.8, 4) is 0 Å². The third-order valence-corrected chi connectivity index (χ3v) is 5.10. The lowest BCUT2D eigenvalue weighted by atomic mass is 10.1. The van der Waals surface area contributed by atoms with Crippen LogP contribution in [0.4, 0.5) is 4.39 Å². The summed E-state index contributed by atoms with van der Waals surface area (Å²) in [6.07, 6.45) is 2.09. The second kappa shape index (κ2) is 7.95. The van der Waals surface area contributed by atoms with E-state index in [2.05, 4.69) is 40.3 Å². The Balaban J connectivity index is 1.59. The van der Waals surface area contributed by atoms with Crippen molar-refractivity contribution in [1.82, 2.24) is 9.88 Å². The molecule has 0 aliphatic rings. The number of nitrogens with zero attached hydrogens (tertiary/aromatic N) is 1. The van der Waals surface area contributed by atoms with Gasteiger partial charge in [-0.2, -0.15) is 0 Å². The Morgan fingerprint density at radius 1 is 0.852 bits per heavy atom. The first-order valence-corrected chi connectivity index (χ1v) is 9.34. The molecule has 4 heteroatoms. The van der Waals surface area contributed by atoms with Gasteiger partial charge in [0.2, 0.25) is 0 Å². The lowest BCUT2D eigenvalue weighted by Gasteiger charge is -2.08. The Morgan fingerprint density at radius 3 is 2.44 bits per heavy atom. The molecule has 0 saturated carbocycles. The number of benzene rings is 3. The maximum absolute atomic E-state index is 14.2. The summed E-state index contributed by atoms with van der Waals surface area (Å²) in [5, 5.41) is 5.12. The Morgan fingerprint density at radius 2 is 1.63 bits per heavy atom. The van der Waals surface area contributed by atoms with Gasteiger partial charge in [-0.3, -0.25) is 0 Å². The molecule has 0 fully saturated rings. The van der Waals surface area contributed by atoms with Crippen molar-refractivity contribution in [2.45, 2.75) is 19.6 Å². The highest BCUT2D eigenvalue weighted by atomic mass is 35.5. The van der Waals surface area contributed by atoms with Crippen LogP contribution in [0, 0.1) is 5.82 Å². The minimum atomic E-state index is -0.274. The minimum Gasteiger partial charge on any atom is -0.343 e. The summed E-state index contributed by atoms with van der Waals surface area (Å²) in [6, 6.07) is 23.3. The van der Waals surface area contributed by atoms with E-state index in [1.165, 1.54) is 22.6 Å². The van der Waals surface area contributed by atoms with E-state index < -0.39 is 0 Å². The number of aromatic nitrogens is 1. The molecule has 27 heavy (non-hydrogen) atoms. The molecule has 0 radical (unpaired) electrons. The summed E-state index contributed by atoms with van der Waals surface area (Å²) < 4.78 is 16.3. The number of hydrogen-bond acceptors (Lipinski definition) is 1. The van der Waals surface area contributed by atoms with Gasteiger partial charge in [0.25, 0.3) is 0 Å². The van der Waals surface area contributed by atoms with E-state index in [9.17, 15) is 4.39 Å². The highest BCUT2D eigenvalue weighted by Crippen LogP contribution is 2.26. The van der Waals surface area contributed by atoms with Crippen LogP contribution in [0.25, 0.3) is 10.9 Å². The molecule has 2 nitrogen and oxygen atoms in total. The predicted octanol–water partition coefficient (Wildman–Crippen LogP) is 5.77. The van der Waals surface area contributed by atoms with E-state index >= 15 is 0 Å². The van der Waals surface area contributed by atoms with Crippen molar-refractivity contribution in [3.63, 3.8) is 0 Å². The van der Waals surface area contributed by atoms with Gasteiger partial charge >= 0.3 is 0 Å². The molecule has 0 saturated heterocycles. The molecular formula is C23H20ClFN2. The monoisotopic (exact) mass is 378 g/mol. The smallest absolute Gasteiger partial charge is 0.129 e. The molecule has 3 aromatic carbocycles. The van der Waals surface area contributed by atoms with Crippen LogP contribution in [0.15, 0.2) is 79.0 Å². The van der Waals surface area contributed by atoms with E-state index in [0.717, 1.165) is 18.6 Å². The van der Waals surface area contributed by atoms with E-state index in [4.69, 9.17) is 11.6 Å². The Hall–Kier alpha value is -2.62. The zero-order valence-electron chi connectivity index (χ0n) is 14.8. The van der Waals surface area contributed by atoms with E-state index in [1.54, 1.807) is 12.1 Å². The number of halogens is 2. The minimum absolute atomic E-state index is 0.274. The van der Waals surface area contributed by atoms with Crippen LogP contribution >= 0.6 is 11.6 Å². The summed E-state index contributed by atoms with van der Waals surface area (Å²) in [6.45, 7) is 1.96. The largest absolute Gasteiger partial charge is 0.343 e. The summed E-state index contributed by atoms with van der Waals surface area (Å²) in [7, 11) is 0. The first-order valence-electron chi connectivity index (χ1n) is 8.96. The van der Waals surface area contributed by atoms with Gasteiger partial charge in [-0.1, -0.05) is 66.2 Å². The Kier molecular flexibility index (Phi) is 5.23. The molecule has 1 N–H and O–H groups in total. The molecule has 4 aromatic rings.